The van der Waals surface area contributed by atoms with Crippen LogP contribution in [0.1, 0.15) is 25.5 Å². The minimum atomic E-state index is -0.169. The van der Waals surface area contributed by atoms with Gasteiger partial charge in [0.2, 0.25) is 0 Å². The average Bonchev–Trinajstić information content (AvgIpc) is 2.67. The molecular weight excluding hydrogens is 326 g/mol. The second-order valence-electron chi connectivity index (χ2n) is 6.06. The fraction of sp³-hybridized carbons (Fsp3) is 0.227. The third kappa shape index (κ3) is 4.33. The second kappa shape index (κ2) is 8.39. The molecule has 0 fully saturated rings. The van der Waals surface area contributed by atoms with E-state index in [2.05, 4.69) is 29.6 Å². The highest BCUT2D eigenvalue weighted by Crippen LogP contribution is 2.26. The number of hydrogen-bond donors (Lipinski definition) is 1. The van der Waals surface area contributed by atoms with Gasteiger partial charge in [0.1, 0.15) is 0 Å². The highest BCUT2D eigenvalue weighted by molar-refractivity contribution is 5.83. The number of hydrogen-bond acceptors (Lipinski definition) is 3. The maximum Gasteiger partial charge on any atom is 0.258 e. The van der Waals surface area contributed by atoms with Crippen molar-refractivity contribution in [1.29, 1.82) is 0 Å². The van der Waals surface area contributed by atoms with E-state index in [1.54, 1.807) is 6.07 Å². The average molecular weight is 349 g/mol. The zero-order chi connectivity index (χ0) is 18.4. The summed E-state index contributed by atoms with van der Waals surface area (Å²) in [7, 11) is 0. The van der Waals surface area contributed by atoms with Crippen LogP contribution in [0.15, 0.2) is 66.7 Å². The molecule has 0 bridgehead atoms. The minimum absolute atomic E-state index is 0.0536. The van der Waals surface area contributed by atoms with Crippen LogP contribution in [-0.2, 0) is 4.79 Å². The number of nitrogens with one attached hydrogen (secondary N) is 1. The first-order valence-corrected chi connectivity index (χ1v) is 8.80. The highest BCUT2D eigenvalue weighted by atomic mass is 16.5. The highest BCUT2D eigenvalue weighted by Gasteiger charge is 2.12. The molecule has 1 atom stereocenters. The van der Waals surface area contributed by atoms with Crippen LogP contribution in [-0.4, -0.2) is 19.1 Å². The summed E-state index contributed by atoms with van der Waals surface area (Å²) in [4.78, 5) is 12.3. The van der Waals surface area contributed by atoms with E-state index in [-0.39, 0.29) is 18.6 Å². The fourth-order valence-electron chi connectivity index (χ4n) is 2.83. The molecule has 0 heterocycles. The summed E-state index contributed by atoms with van der Waals surface area (Å²) in [5.41, 5.74) is 1.06. The number of carbonyl (C=O) groups is 1. The third-order valence-corrected chi connectivity index (χ3v) is 4.16. The molecule has 0 aliphatic rings. The Balaban J connectivity index is 1.60. The molecule has 134 valence electrons. The molecule has 1 N–H and O–H groups in total. The lowest BCUT2D eigenvalue weighted by Gasteiger charge is -2.16. The van der Waals surface area contributed by atoms with E-state index in [4.69, 9.17) is 9.47 Å². The van der Waals surface area contributed by atoms with Gasteiger partial charge in [-0.3, -0.25) is 4.79 Å². The molecule has 1 unspecified atom stereocenters. The van der Waals surface area contributed by atoms with Crippen molar-refractivity contribution in [2.45, 2.75) is 19.9 Å². The molecule has 3 aromatic carbocycles. The summed E-state index contributed by atoms with van der Waals surface area (Å²) in [5.74, 6) is 1.05. The molecule has 0 aromatic heterocycles. The molecule has 0 radical (unpaired) electrons. The molecule has 3 aromatic rings. The van der Waals surface area contributed by atoms with Crippen LogP contribution in [0.2, 0.25) is 0 Å². The van der Waals surface area contributed by atoms with Crippen molar-refractivity contribution in [1.82, 2.24) is 5.32 Å². The number of amides is 1. The summed E-state index contributed by atoms with van der Waals surface area (Å²) >= 11 is 0. The first-order chi connectivity index (χ1) is 12.7. The predicted octanol–water partition coefficient (Wildman–Crippen LogP) is 4.49. The van der Waals surface area contributed by atoms with Gasteiger partial charge in [-0.2, -0.15) is 0 Å². The van der Waals surface area contributed by atoms with Crippen LogP contribution in [0.3, 0.4) is 0 Å². The Morgan fingerprint density at radius 1 is 0.923 bits per heavy atom. The zero-order valence-corrected chi connectivity index (χ0v) is 15.1. The lowest BCUT2D eigenvalue weighted by molar-refractivity contribution is -0.123. The Labute approximate surface area is 153 Å². The molecule has 0 saturated heterocycles. The summed E-state index contributed by atoms with van der Waals surface area (Å²) < 4.78 is 11.1. The van der Waals surface area contributed by atoms with Crippen molar-refractivity contribution in [3.8, 4) is 11.5 Å². The Morgan fingerprint density at radius 3 is 2.31 bits per heavy atom. The second-order valence-corrected chi connectivity index (χ2v) is 6.06. The summed E-state index contributed by atoms with van der Waals surface area (Å²) in [6.07, 6.45) is 0. The van der Waals surface area contributed by atoms with Gasteiger partial charge >= 0.3 is 0 Å². The van der Waals surface area contributed by atoms with Crippen molar-refractivity contribution in [2.75, 3.05) is 13.2 Å². The van der Waals surface area contributed by atoms with Crippen LogP contribution >= 0.6 is 0 Å². The van der Waals surface area contributed by atoms with E-state index in [1.807, 2.05) is 50.2 Å². The molecule has 26 heavy (non-hydrogen) atoms. The standard InChI is InChI=1S/C22H23NO3/c1-3-25-20-10-6-7-11-21(20)26-15-22(24)23-16(2)18-13-12-17-8-4-5-9-19(17)14-18/h4-14,16H,3,15H2,1-2H3,(H,23,24). The molecule has 3 rings (SSSR count). The number of rotatable bonds is 7. The Kier molecular flexibility index (Phi) is 5.74. The van der Waals surface area contributed by atoms with E-state index in [0.717, 1.165) is 10.9 Å². The van der Waals surface area contributed by atoms with Gasteiger partial charge in [-0.1, -0.05) is 48.5 Å². The Morgan fingerprint density at radius 2 is 1.58 bits per heavy atom. The molecule has 0 saturated carbocycles. The number of para-hydroxylation sites is 2. The van der Waals surface area contributed by atoms with Crippen LogP contribution in [0.5, 0.6) is 11.5 Å². The number of benzene rings is 3. The summed E-state index contributed by atoms with van der Waals surface area (Å²) in [6.45, 7) is 4.37. The first kappa shape index (κ1) is 17.8. The van der Waals surface area contributed by atoms with Gasteiger partial charge in [-0.15, -0.1) is 0 Å². The molecule has 4 heteroatoms. The van der Waals surface area contributed by atoms with Crippen LogP contribution in [0.4, 0.5) is 0 Å². The molecule has 4 nitrogen and oxygen atoms in total. The molecule has 0 spiro atoms. The number of carbonyl (C=O) groups excluding carboxylic acids is 1. The van der Waals surface area contributed by atoms with Crippen molar-refractivity contribution in [3.63, 3.8) is 0 Å². The molecular formula is C22H23NO3. The smallest absolute Gasteiger partial charge is 0.258 e. The van der Waals surface area contributed by atoms with Crippen LogP contribution in [0.25, 0.3) is 10.8 Å². The van der Waals surface area contributed by atoms with E-state index < -0.39 is 0 Å². The summed E-state index contributed by atoms with van der Waals surface area (Å²) in [6, 6.07) is 21.6. The molecule has 1 amide bonds. The predicted molar refractivity (Wildman–Crippen MR) is 104 cm³/mol. The van der Waals surface area contributed by atoms with E-state index in [9.17, 15) is 4.79 Å². The number of ether oxygens (including phenoxy) is 2. The van der Waals surface area contributed by atoms with E-state index in [0.29, 0.717) is 18.1 Å². The van der Waals surface area contributed by atoms with E-state index >= 15 is 0 Å². The summed E-state index contributed by atoms with van der Waals surface area (Å²) in [5, 5.41) is 5.32. The lowest BCUT2D eigenvalue weighted by atomic mass is 10.0. The lowest BCUT2D eigenvalue weighted by Crippen LogP contribution is -2.31. The van der Waals surface area contributed by atoms with Crippen molar-refractivity contribution in [3.05, 3.63) is 72.3 Å². The normalized spacial score (nSPS) is 11.8. The Hall–Kier alpha value is -3.01. The van der Waals surface area contributed by atoms with Gasteiger partial charge in [0.25, 0.3) is 5.91 Å². The SMILES string of the molecule is CCOc1ccccc1OCC(=O)NC(C)c1ccc2ccccc2c1. The molecule has 0 aliphatic carbocycles. The minimum Gasteiger partial charge on any atom is -0.490 e. The van der Waals surface area contributed by atoms with Gasteiger partial charge < -0.3 is 14.8 Å². The Bertz CT molecular complexity index is 891. The van der Waals surface area contributed by atoms with Gasteiger partial charge in [0.05, 0.1) is 12.6 Å². The molecule has 0 aliphatic heterocycles. The van der Waals surface area contributed by atoms with Gasteiger partial charge in [-0.05, 0) is 48.4 Å². The topological polar surface area (TPSA) is 47.6 Å². The largest absolute Gasteiger partial charge is 0.490 e. The van der Waals surface area contributed by atoms with Crippen molar-refractivity contribution in [2.24, 2.45) is 0 Å². The van der Waals surface area contributed by atoms with E-state index in [1.165, 1.54) is 5.39 Å². The quantitative estimate of drug-likeness (QED) is 0.683. The van der Waals surface area contributed by atoms with Gasteiger partial charge in [0.15, 0.2) is 18.1 Å². The van der Waals surface area contributed by atoms with Crippen molar-refractivity contribution < 1.29 is 14.3 Å². The fourth-order valence-corrected chi connectivity index (χ4v) is 2.83. The van der Waals surface area contributed by atoms with Crippen molar-refractivity contribution >= 4 is 16.7 Å². The monoisotopic (exact) mass is 349 g/mol. The number of fused-ring (bicyclic) bond motifs is 1. The third-order valence-electron chi connectivity index (χ3n) is 4.16. The van der Waals surface area contributed by atoms with Gasteiger partial charge in [-0.25, -0.2) is 0 Å². The van der Waals surface area contributed by atoms with Gasteiger partial charge in [0, 0.05) is 0 Å². The van der Waals surface area contributed by atoms with Crippen LogP contribution < -0.4 is 14.8 Å². The first-order valence-electron chi connectivity index (χ1n) is 8.80. The maximum atomic E-state index is 12.3. The zero-order valence-electron chi connectivity index (χ0n) is 15.1. The maximum absolute atomic E-state index is 12.3. The van der Waals surface area contributed by atoms with Crippen LogP contribution in [0, 0.1) is 0 Å².